The van der Waals surface area contributed by atoms with Crippen LogP contribution in [0.4, 0.5) is 10.5 Å². The molecule has 1 amide bonds. The molecule has 1 atom stereocenters. The van der Waals surface area contributed by atoms with Crippen molar-refractivity contribution in [2.45, 2.75) is 44.4 Å². The van der Waals surface area contributed by atoms with Gasteiger partial charge in [0, 0.05) is 24.8 Å². The van der Waals surface area contributed by atoms with E-state index in [-0.39, 0.29) is 29.7 Å². The Hall–Kier alpha value is -3.02. The molecule has 170 valence electrons. The highest BCUT2D eigenvalue weighted by Crippen LogP contribution is 2.23. The first-order chi connectivity index (χ1) is 15.3. The van der Waals surface area contributed by atoms with Gasteiger partial charge in [0.15, 0.2) is 0 Å². The van der Waals surface area contributed by atoms with E-state index in [2.05, 4.69) is 21.5 Å². The Labute approximate surface area is 190 Å². The number of piperazine rings is 1. The van der Waals surface area contributed by atoms with Gasteiger partial charge in [0.2, 0.25) is 10.0 Å². The summed E-state index contributed by atoms with van der Waals surface area (Å²) in [6, 6.07) is 15.9. The average molecular weight is 456 g/mol. The molecule has 1 unspecified atom stereocenters. The molecule has 2 aromatic carbocycles. The Morgan fingerprint density at radius 3 is 2.44 bits per heavy atom. The lowest BCUT2D eigenvalue weighted by Crippen LogP contribution is -2.54. The number of nitrogens with zero attached hydrogens (tertiary/aromatic N) is 2. The second kappa shape index (κ2) is 10.5. The summed E-state index contributed by atoms with van der Waals surface area (Å²) in [5, 5.41) is 0. The lowest BCUT2D eigenvalue weighted by Gasteiger charge is -2.40. The van der Waals surface area contributed by atoms with Crippen molar-refractivity contribution in [3.05, 3.63) is 60.2 Å². The van der Waals surface area contributed by atoms with Gasteiger partial charge in [0.05, 0.1) is 11.4 Å². The molecule has 1 aliphatic rings. The first kappa shape index (κ1) is 23.6. The summed E-state index contributed by atoms with van der Waals surface area (Å²) in [4.78, 5) is 16.5. The number of sulfonamides is 1. The topological polar surface area (TPSA) is 79.0 Å². The highest BCUT2D eigenvalue weighted by Gasteiger charge is 2.30. The number of carbonyl (C=O) groups excluding carboxylic acids is 1. The molecule has 0 aromatic heterocycles. The molecule has 0 bridgehead atoms. The van der Waals surface area contributed by atoms with E-state index < -0.39 is 10.0 Å². The van der Waals surface area contributed by atoms with Crippen molar-refractivity contribution in [2.75, 3.05) is 24.5 Å². The average Bonchev–Trinajstić information content (AvgIpc) is 2.77. The van der Waals surface area contributed by atoms with Gasteiger partial charge in [-0.3, -0.25) is 0 Å². The van der Waals surface area contributed by atoms with Gasteiger partial charge in [-0.1, -0.05) is 36.3 Å². The van der Waals surface area contributed by atoms with Gasteiger partial charge in [-0.15, -0.1) is 5.92 Å². The van der Waals surface area contributed by atoms with Crippen molar-refractivity contribution in [3.63, 3.8) is 0 Å². The molecule has 32 heavy (non-hydrogen) atoms. The number of hydrogen-bond donors (Lipinski definition) is 1. The predicted octanol–water partition coefficient (Wildman–Crippen LogP) is 3.22. The van der Waals surface area contributed by atoms with Gasteiger partial charge in [-0.2, -0.15) is 0 Å². The lowest BCUT2D eigenvalue weighted by molar-refractivity contribution is 0.0916. The maximum atomic E-state index is 12.6. The van der Waals surface area contributed by atoms with Gasteiger partial charge in [0.25, 0.3) is 0 Å². The molecule has 0 saturated carbocycles. The van der Waals surface area contributed by atoms with E-state index >= 15 is 0 Å². The van der Waals surface area contributed by atoms with Crippen molar-refractivity contribution in [1.82, 2.24) is 9.62 Å². The fourth-order valence-corrected chi connectivity index (χ4v) is 4.80. The van der Waals surface area contributed by atoms with E-state index in [4.69, 9.17) is 4.74 Å². The summed E-state index contributed by atoms with van der Waals surface area (Å²) in [5.74, 6) is 6.09. The van der Waals surface area contributed by atoms with Crippen LogP contribution in [0.25, 0.3) is 0 Å². The molecule has 0 radical (unpaired) electrons. The summed E-state index contributed by atoms with van der Waals surface area (Å²) in [6.07, 6.45) is -0.363. The standard InChI is InChI=1S/C24H29N3O4S/c1-4-8-22-17-26(24(28)31-18-20-9-6-5-7-10-20)15-16-27(22)21-11-13-23(14-12-21)32(29,30)25-19(2)3/h5-7,9-14,19,22,25H,15-18H2,1-3H3. The van der Waals surface area contributed by atoms with Crippen LogP contribution in [0.1, 0.15) is 26.3 Å². The maximum absolute atomic E-state index is 12.6. The van der Waals surface area contributed by atoms with E-state index in [9.17, 15) is 13.2 Å². The van der Waals surface area contributed by atoms with Crippen LogP contribution in [0, 0.1) is 11.8 Å². The SMILES string of the molecule is CC#CC1CN(C(=O)OCc2ccccc2)CCN1c1ccc(S(=O)(=O)NC(C)C)cc1. The first-order valence-corrected chi connectivity index (χ1v) is 12.1. The Morgan fingerprint density at radius 1 is 1.12 bits per heavy atom. The monoisotopic (exact) mass is 455 g/mol. The predicted molar refractivity (Wildman–Crippen MR) is 125 cm³/mol. The molecule has 3 rings (SSSR count). The van der Waals surface area contributed by atoms with E-state index in [0.29, 0.717) is 19.6 Å². The summed E-state index contributed by atoms with van der Waals surface area (Å²) in [6.45, 7) is 7.01. The fourth-order valence-electron chi connectivity index (χ4n) is 3.55. The van der Waals surface area contributed by atoms with Gasteiger partial charge in [-0.05, 0) is 50.6 Å². The fraction of sp³-hybridized carbons (Fsp3) is 0.375. The zero-order valence-corrected chi connectivity index (χ0v) is 19.4. The lowest BCUT2D eigenvalue weighted by atomic mass is 10.1. The summed E-state index contributed by atoms with van der Waals surface area (Å²) < 4.78 is 32.8. The Bertz CT molecular complexity index is 1070. The molecule has 1 saturated heterocycles. The number of benzene rings is 2. The zero-order valence-electron chi connectivity index (χ0n) is 18.6. The number of hydrogen-bond acceptors (Lipinski definition) is 5. The van der Waals surface area contributed by atoms with Crippen LogP contribution in [0.15, 0.2) is 59.5 Å². The highest BCUT2D eigenvalue weighted by atomic mass is 32.2. The molecule has 8 heteroatoms. The van der Waals surface area contributed by atoms with Gasteiger partial charge in [-0.25, -0.2) is 17.9 Å². The molecule has 1 N–H and O–H groups in total. The third-order valence-corrected chi connectivity index (χ3v) is 6.70. The van der Waals surface area contributed by atoms with Crippen molar-refractivity contribution in [3.8, 4) is 11.8 Å². The zero-order chi connectivity index (χ0) is 23.1. The number of nitrogens with one attached hydrogen (secondary N) is 1. The molecule has 1 aliphatic heterocycles. The molecule has 7 nitrogen and oxygen atoms in total. The highest BCUT2D eigenvalue weighted by molar-refractivity contribution is 7.89. The van der Waals surface area contributed by atoms with Crippen LogP contribution in [-0.2, 0) is 21.4 Å². The number of carbonyl (C=O) groups is 1. The molecule has 0 aliphatic carbocycles. The Balaban J connectivity index is 1.67. The number of amides is 1. The third-order valence-electron chi connectivity index (χ3n) is 5.02. The summed E-state index contributed by atoms with van der Waals surface area (Å²) in [5.41, 5.74) is 1.80. The Kier molecular flexibility index (Phi) is 7.78. The maximum Gasteiger partial charge on any atom is 0.410 e. The minimum Gasteiger partial charge on any atom is -0.445 e. The van der Waals surface area contributed by atoms with E-state index in [1.807, 2.05) is 30.3 Å². The third kappa shape index (κ3) is 6.02. The van der Waals surface area contributed by atoms with Gasteiger partial charge >= 0.3 is 6.09 Å². The van der Waals surface area contributed by atoms with Crippen molar-refractivity contribution < 1.29 is 17.9 Å². The normalized spacial score (nSPS) is 16.4. The van der Waals surface area contributed by atoms with Crippen LogP contribution in [-0.4, -0.2) is 51.1 Å². The number of ether oxygens (including phenoxy) is 1. The second-order valence-corrected chi connectivity index (χ2v) is 9.57. The van der Waals surface area contributed by atoms with Crippen LogP contribution < -0.4 is 9.62 Å². The second-order valence-electron chi connectivity index (χ2n) is 7.86. The number of rotatable bonds is 6. The van der Waals surface area contributed by atoms with Crippen LogP contribution in [0.2, 0.25) is 0 Å². The molecule has 1 heterocycles. The largest absolute Gasteiger partial charge is 0.445 e. The van der Waals surface area contributed by atoms with E-state index in [0.717, 1.165) is 11.3 Å². The van der Waals surface area contributed by atoms with Crippen molar-refractivity contribution in [2.24, 2.45) is 0 Å². The molecular weight excluding hydrogens is 426 g/mol. The molecule has 0 spiro atoms. The van der Waals surface area contributed by atoms with Crippen LogP contribution >= 0.6 is 0 Å². The van der Waals surface area contributed by atoms with Gasteiger partial charge < -0.3 is 14.5 Å². The first-order valence-electron chi connectivity index (χ1n) is 10.6. The van der Waals surface area contributed by atoms with Crippen molar-refractivity contribution in [1.29, 1.82) is 0 Å². The van der Waals surface area contributed by atoms with Gasteiger partial charge in [0.1, 0.15) is 12.6 Å². The molecular formula is C24H29N3O4S. The van der Waals surface area contributed by atoms with Crippen molar-refractivity contribution >= 4 is 21.8 Å². The molecule has 2 aromatic rings. The van der Waals surface area contributed by atoms with Crippen LogP contribution in [0.3, 0.4) is 0 Å². The smallest absolute Gasteiger partial charge is 0.410 e. The summed E-state index contributed by atoms with van der Waals surface area (Å²) >= 11 is 0. The minimum absolute atomic E-state index is 0.182. The number of anilines is 1. The van der Waals surface area contributed by atoms with E-state index in [1.54, 1.807) is 49.9 Å². The quantitative estimate of drug-likeness (QED) is 0.677. The van der Waals surface area contributed by atoms with E-state index in [1.165, 1.54) is 0 Å². The Morgan fingerprint density at radius 2 is 1.81 bits per heavy atom. The summed E-state index contributed by atoms with van der Waals surface area (Å²) in [7, 11) is -3.55. The minimum atomic E-state index is -3.55. The van der Waals surface area contributed by atoms with Crippen LogP contribution in [0.5, 0.6) is 0 Å². The molecule has 1 fully saturated rings.